The number of rotatable bonds is 4. The summed E-state index contributed by atoms with van der Waals surface area (Å²) < 4.78 is 28.1. The Morgan fingerprint density at radius 3 is 1.60 bits per heavy atom. The maximum atomic E-state index is 7.25. The Kier molecular flexibility index (Phi) is 9.36. The van der Waals surface area contributed by atoms with Crippen molar-refractivity contribution >= 4 is 30.2 Å². The van der Waals surface area contributed by atoms with E-state index < -0.39 is 13.8 Å². The Labute approximate surface area is 313 Å². The van der Waals surface area contributed by atoms with Gasteiger partial charge >= 0.3 is 8.24 Å². The van der Waals surface area contributed by atoms with Crippen LogP contribution in [-0.2, 0) is 28.1 Å². The van der Waals surface area contributed by atoms with Crippen LogP contribution in [0.1, 0.15) is 157 Å². The van der Waals surface area contributed by atoms with Gasteiger partial charge in [-0.25, -0.2) is 4.98 Å². The first kappa shape index (κ1) is 38.5. The highest BCUT2D eigenvalue weighted by molar-refractivity contribution is 7.31. The number of hydrogen-bond acceptors (Lipinski definition) is 5. The molecular formula is C46H62NO4P. The molecule has 1 aliphatic carbocycles. The lowest BCUT2D eigenvalue weighted by Gasteiger charge is -2.40. The lowest BCUT2D eigenvalue weighted by molar-refractivity contribution is 0.0829. The van der Waals surface area contributed by atoms with Gasteiger partial charge in [-0.3, -0.25) is 4.52 Å². The van der Waals surface area contributed by atoms with Gasteiger partial charge in [0.1, 0.15) is 16.9 Å². The minimum Gasteiger partial charge on any atom is -0.441 e. The summed E-state index contributed by atoms with van der Waals surface area (Å²) in [7, 11) is -1.90. The van der Waals surface area contributed by atoms with Gasteiger partial charge in [-0.15, -0.1) is 0 Å². The van der Waals surface area contributed by atoms with Gasteiger partial charge in [0.15, 0.2) is 0 Å². The fourth-order valence-corrected chi connectivity index (χ4v) is 8.81. The fraction of sp³-hybridized carbons (Fsp3) is 0.543. The smallest absolute Gasteiger partial charge is 0.387 e. The summed E-state index contributed by atoms with van der Waals surface area (Å²) >= 11 is 0. The van der Waals surface area contributed by atoms with Crippen molar-refractivity contribution in [2.24, 2.45) is 5.41 Å². The van der Waals surface area contributed by atoms with E-state index in [1.807, 2.05) is 18.2 Å². The summed E-state index contributed by atoms with van der Waals surface area (Å²) in [6.07, 6.45) is 1.72. The lowest BCUT2D eigenvalue weighted by atomic mass is 9.68. The molecule has 2 heterocycles. The van der Waals surface area contributed by atoms with E-state index in [2.05, 4.69) is 147 Å². The molecule has 0 N–H and O–H groups in total. The van der Waals surface area contributed by atoms with Crippen molar-refractivity contribution in [3.8, 4) is 11.5 Å². The number of hydrogen-bond donors (Lipinski definition) is 0. The summed E-state index contributed by atoms with van der Waals surface area (Å²) in [6, 6.07) is 19.6. The first-order chi connectivity index (χ1) is 23.7. The Morgan fingerprint density at radius 1 is 0.673 bits per heavy atom. The second kappa shape index (κ2) is 12.7. The van der Waals surface area contributed by atoms with Gasteiger partial charge in [-0.1, -0.05) is 127 Å². The van der Waals surface area contributed by atoms with Gasteiger partial charge in [0.2, 0.25) is 5.89 Å². The van der Waals surface area contributed by atoms with Gasteiger partial charge in [-0.05, 0) is 82.7 Å². The van der Waals surface area contributed by atoms with Crippen LogP contribution in [0, 0.1) is 5.41 Å². The summed E-state index contributed by atoms with van der Waals surface area (Å²) in [4.78, 5) is 5.15. The highest BCUT2D eigenvalue weighted by atomic mass is 31.1. The highest BCUT2D eigenvalue weighted by Crippen LogP contribution is 2.51. The van der Waals surface area contributed by atoms with Gasteiger partial charge in [0.05, 0.1) is 11.3 Å². The summed E-state index contributed by atoms with van der Waals surface area (Å²) in [5, 5.41) is 2.14. The van der Waals surface area contributed by atoms with Crippen molar-refractivity contribution in [3.63, 3.8) is 0 Å². The van der Waals surface area contributed by atoms with Crippen molar-refractivity contribution < 1.29 is 17.3 Å². The van der Waals surface area contributed by atoms with Gasteiger partial charge in [0, 0.05) is 39.8 Å². The molecular weight excluding hydrogens is 661 g/mol. The fourth-order valence-electron chi connectivity index (χ4n) is 7.49. The lowest BCUT2D eigenvalue weighted by Crippen LogP contribution is -2.41. The van der Waals surface area contributed by atoms with E-state index in [9.17, 15) is 0 Å². The van der Waals surface area contributed by atoms with Gasteiger partial charge < -0.3 is 12.8 Å². The number of nitrogens with zero attached hydrogens (tertiary/aromatic N) is 1. The van der Waals surface area contributed by atoms with E-state index in [1.165, 1.54) is 11.1 Å². The molecule has 0 bridgehead atoms. The molecule has 5 nitrogen and oxygen atoms in total. The first-order valence-electron chi connectivity index (χ1n) is 19.0. The Balaban J connectivity index is 1.65. The molecule has 6 rings (SSSR count). The average molecular weight is 724 g/mol. The summed E-state index contributed by atoms with van der Waals surface area (Å²) in [6.45, 7) is 36.3. The molecule has 0 radical (unpaired) electrons. The molecule has 280 valence electrons. The summed E-state index contributed by atoms with van der Waals surface area (Å²) in [5.41, 5.74) is 7.28. The zero-order valence-electron chi connectivity index (χ0n) is 34.7. The molecule has 3 aromatic carbocycles. The van der Waals surface area contributed by atoms with Crippen LogP contribution in [0.3, 0.4) is 0 Å². The maximum absolute atomic E-state index is 7.25. The maximum Gasteiger partial charge on any atom is 0.387 e. The van der Waals surface area contributed by atoms with Crippen molar-refractivity contribution in [2.45, 2.75) is 157 Å². The van der Waals surface area contributed by atoms with Gasteiger partial charge in [0.25, 0.3) is 0 Å². The van der Waals surface area contributed by atoms with E-state index in [-0.39, 0.29) is 33.0 Å². The van der Waals surface area contributed by atoms with E-state index in [4.69, 9.17) is 22.3 Å². The van der Waals surface area contributed by atoms with Crippen LogP contribution in [0.25, 0.3) is 33.4 Å². The van der Waals surface area contributed by atoms with Crippen LogP contribution < -0.4 is 4.52 Å². The Morgan fingerprint density at radius 2 is 1.15 bits per heavy atom. The third-order valence-corrected chi connectivity index (χ3v) is 12.1. The molecule has 0 unspecified atom stereocenters. The number of fused-ring (bicyclic) bond motifs is 4. The predicted molar refractivity (Wildman–Crippen MR) is 219 cm³/mol. The molecule has 52 heavy (non-hydrogen) atoms. The van der Waals surface area contributed by atoms with Crippen LogP contribution in [-0.4, -0.2) is 10.6 Å². The largest absolute Gasteiger partial charge is 0.441 e. The first-order valence-corrected chi connectivity index (χ1v) is 20.1. The van der Waals surface area contributed by atoms with E-state index in [1.54, 1.807) is 0 Å². The normalized spacial score (nSPS) is 17.1. The minimum atomic E-state index is -1.90. The Hall–Kier alpha value is -3.27. The molecule has 6 heteroatoms. The molecule has 5 aromatic rings. The van der Waals surface area contributed by atoms with E-state index in [0.29, 0.717) is 5.89 Å². The second-order valence-corrected chi connectivity index (χ2v) is 21.7. The summed E-state index contributed by atoms with van der Waals surface area (Å²) in [5.74, 6) is 1.56. The topological polar surface area (TPSA) is 61.5 Å². The highest BCUT2D eigenvalue weighted by Gasteiger charge is 2.46. The van der Waals surface area contributed by atoms with E-state index >= 15 is 0 Å². The third-order valence-electron chi connectivity index (χ3n) is 10.8. The second-order valence-electron chi connectivity index (χ2n) is 20.7. The van der Waals surface area contributed by atoms with Crippen molar-refractivity contribution in [1.82, 2.24) is 4.98 Å². The standard InChI is InChI=1S/C46H62NO4P/c1-41(2,3)29-22-31-32-23-30(42(4,5)6)25-34(44(10,11)12)39(32)50-52(49-38(31)33(24-29)43(7,8)9)51-46(15,16)35-26-45(13,14)27-36-37(35)47-40(48-36)28-20-18-17-19-21-28/h17-25,35H,26-27H2,1-16H3/t35-/m0/s1. The molecule has 0 fully saturated rings. The monoisotopic (exact) mass is 723 g/mol. The Bertz CT molecular complexity index is 2060. The van der Waals surface area contributed by atoms with Crippen molar-refractivity contribution in [2.75, 3.05) is 0 Å². The molecule has 0 spiro atoms. The average Bonchev–Trinajstić information content (AvgIpc) is 3.34. The predicted octanol–water partition coefficient (Wildman–Crippen LogP) is 14.1. The van der Waals surface area contributed by atoms with E-state index in [0.717, 1.165) is 62.9 Å². The quantitative estimate of drug-likeness (QED) is 0.185. The molecule has 0 amide bonds. The zero-order valence-corrected chi connectivity index (χ0v) is 35.6. The molecule has 2 aromatic heterocycles. The van der Waals surface area contributed by atoms with Gasteiger partial charge in [-0.2, -0.15) is 0 Å². The number of oxazole rings is 1. The molecule has 0 aliphatic heterocycles. The molecule has 0 saturated carbocycles. The molecule has 0 saturated heterocycles. The van der Waals surface area contributed by atoms with Crippen LogP contribution in [0.15, 0.2) is 67.4 Å². The van der Waals surface area contributed by atoms with Crippen molar-refractivity contribution in [1.29, 1.82) is 0 Å². The van der Waals surface area contributed by atoms with Crippen molar-refractivity contribution in [3.05, 3.63) is 88.3 Å². The van der Waals surface area contributed by atoms with Crippen LogP contribution in [0.4, 0.5) is 0 Å². The van der Waals surface area contributed by atoms with Crippen LogP contribution >= 0.6 is 8.24 Å². The van der Waals surface area contributed by atoms with Crippen LogP contribution in [0.5, 0.6) is 0 Å². The third kappa shape index (κ3) is 7.56. The zero-order chi connectivity index (χ0) is 38.4. The SMILES string of the molecule is CC1(C)Cc2oc(-c3ccccc3)nc2[C@@H](C(C)(C)Op2oc3c(C(C)(C)C)cc(C(C)(C)C)cc3c3cc(C(C)(C)C)cc(C(C)(C)C)c3o2)C1. The minimum absolute atomic E-state index is 0.00502. The number of benzene rings is 3. The number of aromatic nitrogens is 1. The molecule has 1 atom stereocenters. The van der Waals surface area contributed by atoms with Crippen LogP contribution in [0.2, 0.25) is 0 Å². The molecule has 1 aliphatic rings.